The molecule has 8 heteroatoms. The highest BCUT2D eigenvalue weighted by atomic mass is 16.7. The van der Waals surface area contributed by atoms with Gasteiger partial charge in [-0.25, -0.2) is 0 Å². The van der Waals surface area contributed by atoms with Gasteiger partial charge in [-0.2, -0.15) is 0 Å². The van der Waals surface area contributed by atoms with Gasteiger partial charge in [0, 0.05) is 57.0 Å². The van der Waals surface area contributed by atoms with Crippen LogP contribution >= 0.6 is 0 Å². The third kappa shape index (κ3) is 6.17. The molecule has 0 aromatic heterocycles. The van der Waals surface area contributed by atoms with Gasteiger partial charge in [0.2, 0.25) is 0 Å². The molecular weight excluding hydrogens is 436 g/mol. The fourth-order valence-corrected chi connectivity index (χ4v) is 5.78. The summed E-state index contributed by atoms with van der Waals surface area (Å²) in [7, 11) is 0. The molecule has 4 aliphatic rings. The van der Waals surface area contributed by atoms with Crippen molar-refractivity contribution < 1.29 is 29.2 Å². The Hall–Kier alpha value is -1.10. The number of hydrogen-bond donors (Lipinski definition) is 4. The minimum absolute atomic E-state index is 0.0110. The Balaban J connectivity index is 0.000000180. The molecule has 2 aliphatic heterocycles. The van der Waals surface area contributed by atoms with E-state index in [1.165, 1.54) is 5.56 Å². The van der Waals surface area contributed by atoms with E-state index in [0.29, 0.717) is 26.4 Å². The summed E-state index contributed by atoms with van der Waals surface area (Å²) in [6.45, 7) is 5.29. The van der Waals surface area contributed by atoms with Gasteiger partial charge in [0.15, 0.2) is 11.6 Å². The van der Waals surface area contributed by atoms with E-state index in [1.54, 1.807) is 0 Å². The molecule has 5 atom stereocenters. The lowest BCUT2D eigenvalue weighted by atomic mass is 9.80. The average molecular weight is 479 g/mol. The van der Waals surface area contributed by atoms with Crippen LogP contribution in [0.25, 0.3) is 0 Å². The van der Waals surface area contributed by atoms with Crippen LogP contribution in [0.15, 0.2) is 30.3 Å². The smallest absolute Gasteiger partial charge is 0.170 e. The van der Waals surface area contributed by atoms with Crippen molar-refractivity contribution in [3.63, 3.8) is 0 Å². The molecule has 2 saturated carbocycles. The van der Waals surface area contributed by atoms with Gasteiger partial charge in [-0.3, -0.25) is 0 Å². The lowest BCUT2D eigenvalue weighted by Crippen LogP contribution is -2.50. The summed E-state index contributed by atoms with van der Waals surface area (Å²) in [5.41, 5.74) is 7.19. The quantitative estimate of drug-likeness (QED) is 0.509. The molecule has 4 fully saturated rings. The first-order valence-corrected chi connectivity index (χ1v) is 12.8. The Morgan fingerprint density at radius 3 is 1.94 bits per heavy atom. The SMILES string of the molecule is C[C@@H](N[C@@H]1CC2(CC[C@H]1CO)OCCO2)c1ccccc1.N[C@@H]1CC2(CC[C@H]1CO)OCCO2. The van der Waals surface area contributed by atoms with Crippen LogP contribution in [-0.2, 0) is 18.9 Å². The van der Waals surface area contributed by atoms with E-state index in [1.807, 2.05) is 6.07 Å². The lowest BCUT2D eigenvalue weighted by molar-refractivity contribution is -0.190. The molecular formula is C26H42N2O6. The topological polar surface area (TPSA) is 115 Å². The second-order valence-electron chi connectivity index (χ2n) is 10.2. The summed E-state index contributed by atoms with van der Waals surface area (Å²) >= 11 is 0. The second-order valence-corrected chi connectivity index (χ2v) is 10.2. The third-order valence-electron chi connectivity index (χ3n) is 7.90. The lowest BCUT2D eigenvalue weighted by Gasteiger charge is -2.42. The number of benzene rings is 1. The molecule has 2 aliphatic carbocycles. The van der Waals surface area contributed by atoms with Gasteiger partial charge in [-0.05, 0) is 37.2 Å². The van der Waals surface area contributed by atoms with E-state index in [2.05, 4.69) is 36.5 Å². The molecule has 1 aromatic carbocycles. The number of aliphatic hydroxyl groups is 2. The maximum Gasteiger partial charge on any atom is 0.170 e. The van der Waals surface area contributed by atoms with Gasteiger partial charge in [0.25, 0.3) is 0 Å². The van der Waals surface area contributed by atoms with E-state index >= 15 is 0 Å². The van der Waals surface area contributed by atoms with Crippen LogP contribution in [0, 0.1) is 11.8 Å². The molecule has 0 amide bonds. The Morgan fingerprint density at radius 2 is 1.41 bits per heavy atom. The van der Waals surface area contributed by atoms with E-state index in [9.17, 15) is 5.11 Å². The van der Waals surface area contributed by atoms with Crippen molar-refractivity contribution in [1.29, 1.82) is 0 Å². The van der Waals surface area contributed by atoms with Crippen LogP contribution in [-0.4, -0.2) is 73.5 Å². The summed E-state index contributed by atoms with van der Waals surface area (Å²) in [4.78, 5) is 0. The summed E-state index contributed by atoms with van der Waals surface area (Å²) in [5, 5.41) is 22.4. The van der Waals surface area contributed by atoms with Crippen LogP contribution in [0.5, 0.6) is 0 Å². The number of aliphatic hydroxyl groups excluding tert-OH is 2. The number of hydrogen-bond acceptors (Lipinski definition) is 8. The summed E-state index contributed by atoms with van der Waals surface area (Å²) in [6, 6.07) is 10.9. The first-order valence-electron chi connectivity index (χ1n) is 12.8. The Labute approximate surface area is 203 Å². The van der Waals surface area contributed by atoms with Gasteiger partial charge >= 0.3 is 0 Å². The van der Waals surface area contributed by atoms with Gasteiger partial charge in [-0.1, -0.05) is 30.3 Å². The van der Waals surface area contributed by atoms with Gasteiger partial charge in [0.05, 0.1) is 26.4 Å². The van der Waals surface area contributed by atoms with Crippen LogP contribution in [0.1, 0.15) is 57.1 Å². The van der Waals surface area contributed by atoms with E-state index in [-0.39, 0.29) is 43.2 Å². The van der Waals surface area contributed by atoms with Crippen LogP contribution in [0.4, 0.5) is 0 Å². The van der Waals surface area contributed by atoms with Crippen molar-refractivity contribution in [1.82, 2.24) is 5.32 Å². The highest BCUT2D eigenvalue weighted by Crippen LogP contribution is 2.39. The van der Waals surface area contributed by atoms with Gasteiger partial charge in [0.1, 0.15) is 0 Å². The zero-order chi connectivity index (χ0) is 24.0. The number of ether oxygens (including phenoxy) is 4. The molecule has 1 aromatic rings. The Kier molecular flexibility index (Phi) is 8.98. The molecule has 34 heavy (non-hydrogen) atoms. The van der Waals surface area contributed by atoms with Crippen LogP contribution in [0.2, 0.25) is 0 Å². The second kappa shape index (κ2) is 11.8. The third-order valence-corrected chi connectivity index (χ3v) is 7.90. The molecule has 5 N–H and O–H groups in total. The maximum absolute atomic E-state index is 9.65. The van der Waals surface area contributed by atoms with Crippen molar-refractivity contribution in [3.8, 4) is 0 Å². The zero-order valence-electron chi connectivity index (χ0n) is 20.4. The molecule has 0 bridgehead atoms. The Morgan fingerprint density at radius 1 is 0.882 bits per heavy atom. The van der Waals surface area contributed by atoms with Crippen LogP contribution < -0.4 is 11.1 Å². The highest BCUT2D eigenvalue weighted by Gasteiger charge is 2.45. The summed E-state index contributed by atoms with van der Waals surface area (Å²) in [6.07, 6.45) is 5.13. The summed E-state index contributed by atoms with van der Waals surface area (Å²) in [5.74, 6) is -0.335. The summed E-state index contributed by atoms with van der Waals surface area (Å²) < 4.78 is 22.8. The molecule has 2 heterocycles. The van der Waals surface area contributed by atoms with Crippen molar-refractivity contribution in [2.45, 2.75) is 75.1 Å². The maximum atomic E-state index is 9.65. The highest BCUT2D eigenvalue weighted by molar-refractivity contribution is 5.18. The van der Waals surface area contributed by atoms with Gasteiger partial charge in [-0.15, -0.1) is 0 Å². The first-order chi connectivity index (χ1) is 16.5. The van der Waals surface area contributed by atoms with E-state index < -0.39 is 11.6 Å². The molecule has 8 nitrogen and oxygen atoms in total. The average Bonchev–Trinajstić information content (AvgIpc) is 3.50. The van der Waals surface area contributed by atoms with Crippen LogP contribution in [0.3, 0.4) is 0 Å². The molecule has 2 saturated heterocycles. The molecule has 192 valence electrons. The predicted octanol–water partition coefficient (Wildman–Crippen LogP) is 2.09. The largest absolute Gasteiger partial charge is 0.396 e. The van der Waals surface area contributed by atoms with Crippen molar-refractivity contribution >= 4 is 0 Å². The standard InChI is InChI=1S/C17H25NO3.C9H17NO3/c1-13(14-5-3-2-4-6-14)18-16-11-17(20-9-10-21-17)8-7-15(16)12-19;10-8-5-9(12-3-4-13-9)2-1-7(8)6-11/h2-6,13,15-16,18-19H,7-12H2,1H3;7-8,11H,1-6,10H2/t13-,15+,16-;7-,8+/m10/s1. The van der Waals surface area contributed by atoms with Crippen molar-refractivity contribution in [2.75, 3.05) is 39.6 Å². The van der Waals surface area contributed by atoms with Crippen molar-refractivity contribution in [3.05, 3.63) is 35.9 Å². The fraction of sp³-hybridized carbons (Fsp3) is 0.769. The minimum Gasteiger partial charge on any atom is -0.396 e. The zero-order valence-corrected chi connectivity index (χ0v) is 20.4. The fourth-order valence-electron chi connectivity index (χ4n) is 5.78. The molecule has 2 spiro atoms. The Bertz CT molecular complexity index is 738. The van der Waals surface area contributed by atoms with Gasteiger partial charge < -0.3 is 40.2 Å². The normalized spacial score (nSPS) is 32.9. The first kappa shape index (κ1) is 26.0. The molecule has 5 rings (SSSR count). The monoisotopic (exact) mass is 478 g/mol. The van der Waals surface area contributed by atoms with E-state index in [0.717, 1.165) is 38.5 Å². The number of nitrogens with two attached hydrogens (primary N) is 1. The predicted molar refractivity (Wildman–Crippen MR) is 128 cm³/mol. The number of nitrogens with one attached hydrogen (secondary N) is 1. The van der Waals surface area contributed by atoms with Crippen molar-refractivity contribution in [2.24, 2.45) is 17.6 Å². The number of rotatable bonds is 5. The van der Waals surface area contributed by atoms with E-state index in [4.69, 9.17) is 29.8 Å². The molecule has 0 unspecified atom stereocenters. The minimum atomic E-state index is -0.417. The molecule has 0 radical (unpaired) electrons.